The Kier molecular flexibility index (Phi) is 5.95. The van der Waals surface area contributed by atoms with E-state index >= 15 is 0 Å². The summed E-state index contributed by atoms with van der Waals surface area (Å²) in [5.74, 6) is -1.53. The summed E-state index contributed by atoms with van der Waals surface area (Å²) in [6.45, 7) is 1.41. The number of pyridine rings is 1. The number of ketones is 1. The number of carbonyl (C=O) groups excluding carboxylic acids is 2. The molecule has 0 aliphatic carbocycles. The molecule has 2 aromatic rings. The highest BCUT2D eigenvalue weighted by atomic mass is 16.3. The number of amides is 1. The van der Waals surface area contributed by atoms with Crippen LogP contribution in [0.2, 0.25) is 0 Å². The van der Waals surface area contributed by atoms with Crippen molar-refractivity contribution in [3.8, 4) is 0 Å². The minimum Gasteiger partial charge on any atom is -0.507 e. The van der Waals surface area contributed by atoms with Crippen molar-refractivity contribution in [2.24, 2.45) is 0 Å². The smallest absolute Gasteiger partial charge is 0.295 e. The molecule has 0 bridgehead atoms. The van der Waals surface area contributed by atoms with Gasteiger partial charge in [0.05, 0.1) is 37.9 Å². The number of aliphatic hydroxyl groups excluding tert-OH is 2. The zero-order valence-corrected chi connectivity index (χ0v) is 14.8. The molecule has 1 saturated heterocycles. The lowest BCUT2D eigenvalue weighted by molar-refractivity contribution is -0.655. The first-order valence-electron chi connectivity index (χ1n) is 8.81. The van der Waals surface area contributed by atoms with Crippen LogP contribution in [-0.4, -0.2) is 58.0 Å². The Labute approximate surface area is 157 Å². The van der Waals surface area contributed by atoms with E-state index in [1.807, 2.05) is 11.4 Å². The van der Waals surface area contributed by atoms with E-state index in [0.29, 0.717) is 30.8 Å². The molecule has 1 aliphatic rings. The molecule has 1 aromatic heterocycles. The van der Waals surface area contributed by atoms with Gasteiger partial charge in [-0.3, -0.25) is 14.6 Å². The lowest BCUT2D eigenvalue weighted by atomic mass is 9.96. The van der Waals surface area contributed by atoms with Crippen LogP contribution in [-0.2, 0) is 9.59 Å². The molecule has 0 spiro atoms. The molecule has 27 heavy (non-hydrogen) atoms. The highest BCUT2D eigenvalue weighted by Gasteiger charge is 2.46. The van der Waals surface area contributed by atoms with Crippen LogP contribution in [0, 0.1) is 0 Å². The van der Waals surface area contributed by atoms with Gasteiger partial charge in [-0.25, -0.2) is 0 Å². The van der Waals surface area contributed by atoms with E-state index in [1.54, 1.807) is 48.8 Å². The van der Waals surface area contributed by atoms with Crippen molar-refractivity contribution >= 4 is 17.4 Å². The average Bonchev–Trinajstić information content (AvgIpc) is 2.97. The number of nitrogens with zero attached hydrogens (tertiary/aromatic N) is 2. The van der Waals surface area contributed by atoms with Crippen molar-refractivity contribution in [3.63, 3.8) is 0 Å². The maximum absolute atomic E-state index is 12.7. The number of rotatable bonds is 7. The number of likely N-dealkylation sites (tertiary alicyclic amines) is 1. The Balaban J connectivity index is 2.03. The number of hydrogen-bond donors (Lipinski definition) is 3. The normalized spacial score (nSPS) is 18.9. The van der Waals surface area contributed by atoms with E-state index < -0.39 is 17.7 Å². The predicted octanol–water partition coefficient (Wildman–Crippen LogP) is 0.0590. The number of benzene rings is 1. The molecule has 1 aromatic carbocycles. The van der Waals surface area contributed by atoms with Gasteiger partial charge in [-0.2, -0.15) is 0 Å². The average molecular weight is 368 g/mol. The molecule has 140 valence electrons. The largest absolute Gasteiger partial charge is 0.507 e. The number of nitrogens with two attached hydrogens (primary N) is 1. The molecule has 0 saturated carbocycles. The van der Waals surface area contributed by atoms with Gasteiger partial charge in [0.15, 0.2) is 0 Å². The molecule has 7 nitrogen and oxygen atoms in total. The van der Waals surface area contributed by atoms with Crippen LogP contribution in [0.25, 0.3) is 5.76 Å². The Hall–Kier alpha value is -3.03. The highest BCUT2D eigenvalue weighted by molar-refractivity contribution is 6.46. The third kappa shape index (κ3) is 3.89. The summed E-state index contributed by atoms with van der Waals surface area (Å²) in [6, 6.07) is 11.5. The van der Waals surface area contributed by atoms with Crippen LogP contribution in [0.3, 0.4) is 0 Å². The zero-order chi connectivity index (χ0) is 19.2. The lowest BCUT2D eigenvalue weighted by Gasteiger charge is -2.24. The molecule has 0 radical (unpaired) electrons. The van der Waals surface area contributed by atoms with Gasteiger partial charge in [-0.15, -0.1) is 0 Å². The van der Waals surface area contributed by atoms with Gasteiger partial charge < -0.3 is 20.4 Å². The molecule has 2 heterocycles. The topological polar surface area (TPSA) is 107 Å². The highest BCUT2D eigenvalue weighted by Crippen LogP contribution is 2.38. The van der Waals surface area contributed by atoms with Gasteiger partial charge in [0.1, 0.15) is 5.76 Å². The van der Waals surface area contributed by atoms with Gasteiger partial charge in [0, 0.05) is 18.0 Å². The van der Waals surface area contributed by atoms with Gasteiger partial charge >= 0.3 is 0 Å². The summed E-state index contributed by atoms with van der Waals surface area (Å²) >= 11 is 0. The molecule has 1 aliphatic heterocycles. The number of hydrogen-bond acceptors (Lipinski definition) is 5. The van der Waals surface area contributed by atoms with Gasteiger partial charge in [-0.1, -0.05) is 36.4 Å². The molecule has 0 unspecified atom stereocenters. The third-order valence-corrected chi connectivity index (χ3v) is 4.49. The van der Waals surface area contributed by atoms with E-state index in [0.717, 1.165) is 0 Å². The Morgan fingerprint density at radius 2 is 1.89 bits per heavy atom. The van der Waals surface area contributed by atoms with E-state index in [9.17, 15) is 14.7 Å². The van der Waals surface area contributed by atoms with Gasteiger partial charge in [-0.05, 0) is 11.6 Å². The summed E-state index contributed by atoms with van der Waals surface area (Å²) < 4.78 is 0. The van der Waals surface area contributed by atoms with Crippen LogP contribution >= 0.6 is 0 Å². The molecule has 4 N–H and O–H groups in total. The minimum atomic E-state index is -0.702. The van der Waals surface area contributed by atoms with Crippen LogP contribution < -0.4 is 5.32 Å². The summed E-state index contributed by atoms with van der Waals surface area (Å²) in [5, 5.41) is 21.6. The fourth-order valence-corrected chi connectivity index (χ4v) is 3.21. The molecule has 1 amide bonds. The maximum atomic E-state index is 12.7. The van der Waals surface area contributed by atoms with Crippen LogP contribution in [0.1, 0.15) is 17.2 Å². The number of aliphatic hydroxyl groups is 2. The number of aromatic nitrogens is 1. The first-order valence-corrected chi connectivity index (χ1v) is 8.81. The molecule has 1 atom stereocenters. The van der Waals surface area contributed by atoms with Crippen LogP contribution in [0.15, 0.2) is 60.4 Å². The second kappa shape index (κ2) is 8.57. The van der Waals surface area contributed by atoms with Crippen molar-refractivity contribution in [2.45, 2.75) is 6.04 Å². The van der Waals surface area contributed by atoms with Crippen molar-refractivity contribution in [1.29, 1.82) is 0 Å². The van der Waals surface area contributed by atoms with E-state index in [4.69, 9.17) is 5.11 Å². The summed E-state index contributed by atoms with van der Waals surface area (Å²) in [6.07, 6.45) is 3.21. The Morgan fingerprint density at radius 1 is 1.11 bits per heavy atom. The van der Waals surface area contributed by atoms with Gasteiger partial charge in [0.25, 0.3) is 11.7 Å². The number of carbonyl (C=O) groups is 2. The third-order valence-electron chi connectivity index (χ3n) is 4.49. The predicted molar refractivity (Wildman–Crippen MR) is 98.4 cm³/mol. The fraction of sp³-hybridized carbons (Fsp3) is 0.250. The Bertz CT molecular complexity index is 837. The van der Waals surface area contributed by atoms with Gasteiger partial charge in [0.2, 0.25) is 0 Å². The van der Waals surface area contributed by atoms with E-state index in [-0.39, 0.29) is 17.9 Å². The van der Waals surface area contributed by atoms with Crippen molar-refractivity contribution < 1.29 is 25.1 Å². The quantitative estimate of drug-likeness (QED) is 0.277. The van der Waals surface area contributed by atoms with Crippen LogP contribution in [0.5, 0.6) is 0 Å². The Morgan fingerprint density at radius 3 is 2.56 bits per heavy atom. The number of quaternary nitrogens is 1. The zero-order valence-electron chi connectivity index (χ0n) is 14.8. The molecular formula is C20H22N3O4+. The summed E-state index contributed by atoms with van der Waals surface area (Å²) in [7, 11) is 0. The maximum Gasteiger partial charge on any atom is 0.295 e. The second-order valence-corrected chi connectivity index (χ2v) is 6.23. The monoisotopic (exact) mass is 368 g/mol. The first kappa shape index (κ1) is 18.8. The summed E-state index contributed by atoms with van der Waals surface area (Å²) in [4.78, 5) is 30.9. The van der Waals surface area contributed by atoms with E-state index in [1.165, 1.54) is 4.90 Å². The minimum absolute atomic E-state index is 0.0405. The molecule has 1 fully saturated rings. The second-order valence-electron chi connectivity index (χ2n) is 6.23. The molecule has 3 rings (SSSR count). The summed E-state index contributed by atoms with van der Waals surface area (Å²) in [5.41, 5.74) is 1.22. The van der Waals surface area contributed by atoms with Crippen molar-refractivity contribution in [2.75, 3.05) is 26.2 Å². The number of Topliss-reactive ketones (excluding diaryl/α,β-unsaturated/α-hetero) is 1. The SMILES string of the molecule is O=C1C(=O)N(CC[NH2+]CCO)[C@H](c2cccnc2)C1=C(O)c1ccccc1. The van der Waals surface area contributed by atoms with Crippen LogP contribution in [0.4, 0.5) is 0 Å². The first-order chi connectivity index (χ1) is 13.1. The van der Waals surface area contributed by atoms with E-state index in [2.05, 4.69) is 4.98 Å². The van der Waals surface area contributed by atoms with Crippen molar-refractivity contribution in [1.82, 2.24) is 9.88 Å². The van der Waals surface area contributed by atoms with Crippen molar-refractivity contribution in [3.05, 3.63) is 71.6 Å². The standard InChI is InChI=1S/C20H21N3O4/c24-12-10-21-9-11-23-17(15-7-4-8-22-13-15)16(19(26)20(23)27)18(25)14-5-2-1-3-6-14/h1-8,13,17,21,24-25H,9-12H2/p+1/t17-/m1/s1. The lowest BCUT2D eigenvalue weighted by Crippen LogP contribution is -2.86. The molecule has 7 heteroatoms. The molecular weight excluding hydrogens is 346 g/mol. The fourth-order valence-electron chi connectivity index (χ4n) is 3.21.